The Morgan fingerprint density at radius 2 is 1.84 bits per heavy atom. The summed E-state index contributed by atoms with van der Waals surface area (Å²) in [6, 6.07) is 10.9. The van der Waals surface area contributed by atoms with Crippen LogP contribution < -0.4 is 5.32 Å². The lowest BCUT2D eigenvalue weighted by molar-refractivity contribution is -0.141. The standard InChI is InChI=1S/C22H23F3N4O2/c1-20(11-6-12-20)29-18-15(9-10-16(27-18)22(23,24)25)26-19(29)28-17(30)13-21(2,31)14-7-4-3-5-8-14/h3-5,7-10,31H,6,11-13H2,1-2H3,(H,26,28,30)/t21-/m0/s1. The zero-order valence-corrected chi connectivity index (χ0v) is 17.2. The Morgan fingerprint density at radius 3 is 2.42 bits per heavy atom. The maximum Gasteiger partial charge on any atom is 0.433 e. The molecule has 2 N–H and O–H groups in total. The molecule has 2 aromatic heterocycles. The van der Waals surface area contributed by atoms with Crippen molar-refractivity contribution in [1.82, 2.24) is 14.5 Å². The summed E-state index contributed by atoms with van der Waals surface area (Å²) in [7, 11) is 0. The predicted octanol–water partition coefficient (Wildman–Crippen LogP) is 4.59. The summed E-state index contributed by atoms with van der Waals surface area (Å²) < 4.78 is 41.2. The number of pyridine rings is 1. The second kappa shape index (κ2) is 7.33. The molecule has 3 aromatic rings. The molecule has 2 heterocycles. The van der Waals surface area contributed by atoms with Crippen molar-refractivity contribution < 1.29 is 23.1 Å². The summed E-state index contributed by atoms with van der Waals surface area (Å²) in [5.74, 6) is -0.359. The van der Waals surface area contributed by atoms with Gasteiger partial charge in [0.05, 0.1) is 12.0 Å². The number of amides is 1. The molecule has 1 aromatic carbocycles. The molecular formula is C22H23F3N4O2. The molecule has 0 unspecified atom stereocenters. The highest BCUT2D eigenvalue weighted by Gasteiger charge is 2.39. The first-order valence-corrected chi connectivity index (χ1v) is 10.0. The number of anilines is 1. The van der Waals surface area contributed by atoms with E-state index in [0.29, 0.717) is 5.56 Å². The number of carbonyl (C=O) groups is 1. The van der Waals surface area contributed by atoms with Gasteiger partial charge in [-0.1, -0.05) is 30.3 Å². The number of nitrogens with zero attached hydrogens (tertiary/aromatic N) is 3. The summed E-state index contributed by atoms with van der Waals surface area (Å²) in [5.41, 5.74) is -1.97. The summed E-state index contributed by atoms with van der Waals surface area (Å²) >= 11 is 0. The van der Waals surface area contributed by atoms with Gasteiger partial charge in [0.2, 0.25) is 11.9 Å². The fourth-order valence-corrected chi connectivity index (χ4v) is 4.00. The largest absolute Gasteiger partial charge is 0.433 e. The number of halogens is 3. The zero-order valence-electron chi connectivity index (χ0n) is 17.2. The molecule has 0 bridgehead atoms. The third-order valence-electron chi connectivity index (χ3n) is 5.92. The van der Waals surface area contributed by atoms with Crippen LogP contribution in [0.2, 0.25) is 0 Å². The number of aromatic nitrogens is 3. The van der Waals surface area contributed by atoms with Crippen LogP contribution in [0.15, 0.2) is 42.5 Å². The van der Waals surface area contributed by atoms with E-state index in [2.05, 4.69) is 15.3 Å². The number of nitrogens with one attached hydrogen (secondary N) is 1. The molecule has 1 saturated carbocycles. The van der Waals surface area contributed by atoms with Crippen LogP contribution in [0.25, 0.3) is 11.2 Å². The Kier molecular flexibility index (Phi) is 5.04. The van der Waals surface area contributed by atoms with Gasteiger partial charge in [0, 0.05) is 5.54 Å². The fraction of sp³-hybridized carbons (Fsp3) is 0.409. The molecule has 1 aliphatic rings. The average Bonchev–Trinajstić information content (AvgIpc) is 3.02. The minimum Gasteiger partial charge on any atom is -0.385 e. The molecule has 1 fully saturated rings. The highest BCUT2D eigenvalue weighted by atomic mass is 19.4. The molecule has 0 radical (unpaired) electrons. The number of alkyl halides is 3. The molecule has 1 aliphatic carbocycles. The number of aliphatic hydroxyl groups is 1. The number of benzene rings is 1. The van der Waals surface area contributed by atoms with Gasteiger partial charge in [-0.15, -0.1) is 0 Å². The Morgan fingerprint density at radius 1 is 1.16 bits per heavy atom. The molecule has 9 heteroatoms. The van der Waals surface area contributed by atoms with Gasteiger partial charge >= 0.3 is 6.18 Å². The lowest BCUT2D eigenvalue weighted by Gasteiger charge is -2.40. The van der Waals surface area contributed by atoms with E-state index in [9.17, 15) is 23.1 Å². The maximum absolute atomic E-state index is 13.2. The van der Waals surface area contributed by atoms with Crippen LogP contribution in [-0.4, -0.2) is 25.5 Å². The van der Waals surface area contributed by atoms with E-state index in [4.69, 9.17) is 0 Å². The third-order valence-corrected chi connectivity index (χ3v) is 5.92. The van der Waals surface area contributed by atoms with Crippen molar-refractivity contribution in [2.45, 2.75) is 56.8 Å². The number of carbonyl (C=O) groups excluding carboxylic acids is 1. The Labute approximate surface area is 177 Å². The Bertz CT molecular complexity index is 1120. The van der Waals surface area contributed by atoms with E-state index in [0.717, 1.165) is 25.3 Å². The molecule has 1 atom stereocenters. The van der Waals surface area contributed by atoms with Crippen molar-refractivity contribution in [3.63, 3.8) is 0 Å². The van der Waals surface area contributed by atoms with Gasteiger partial charge in [-0.3, -0.25) is 14.7 Å². The van der Waals surface area contributed by atoms with E-state index >= 15 is 0 Å². The van der Waals surface area contributed by atoms with Crippen LogP contribution in [0.3, 0.4) is 0 Å². The lowest BCUT2D eigenvalue weighted by atomic mass is 9.78. The van der Waals surface area contributed by atoms with Crippen molar-refractivity contribution in [1.29, 1.82) is 0 Å². The second-order valence-electron chi connectivity index (χ2n) is 8.52. The van der Waals surface area contributed by atoms with Gasteiger partial charge in [-0.2, -0.15) is 13.2 Å². The number of hydrogen-bond acceptors (Lipinski definition) is 4. The van der Waals surface area contributed by atoms with Crippen LogP contribution in [0, 0.1) is 0 Å². The Hall–Kier alpha value is -2.94. The Balaban J connectivity index is 1.68. The number of hydrogen-bond donors (Lipinski definition) is 2. The first-order chi connectivity index (χ1) is 14.5. The number of fused-ring (bicyclic) bond motifs is 1. The molecule has 0 spiro atoms. The molecule has 1 amide bonds. The molecule has 6 nitrogen and oxygen atoms in total. The highest BCUT2D eigenvalue weighted by Crippen LogP contribution is 2.43. The van der Waals surface area contributed by atoms with Crippen LogP contribution in [-0.2, 0) is 22.1 Å². The summed E-state index contributed by atoms with van der Waals surface area (Å²) in [6.07, 6.45) is -2.42. The van der Waals surface area contributed by atoms with Crippen molar-refractivity contribution >= 4 is 23.0 Å². The van der Waals surface area contributed by atoms with Crippen molar-refractivity contribution in [3.8, 4) is 0 Å². The van der Waals surface area contributed by atoms with E-state index in [1.807, 2.05) is 13.0 Å². The van der Waals surface area contributed by atoms with Crippen LogP contribution in [0.4, 0.5) is 19.1 Å². The summed E-state index contributed by atoms with van der Waals surface area (Å²) in [4.78, 5) is 20.9. The molecular weight excluding hydrogens is 409 g/mol. The van der Waals surface area contributed by atoms with E-state index in [-0.39, 0.29) is 23.5 Å². The van der Waals surface area contributed by atoms with Gasteiger partial charge in [-0.25, -0.2) is 9.97 Å². The van der Waals surface area contributed by atoms with Crippen LogP contribution in [0.5, 0.6) is 0 Å². The third kappa shape index (κ3) is 4.01. The summed E-state index contributed by atoms with van der Waals surface area (Å²) in [5, 5.41) is 13.5. The molecule has 4 rings (SSSR count). The van der Waals surface area contributed by atoms with Crippen molar-refractivity contribution in [2.75, 3.05) is 5.32 Å². The smallest absolute Gasteiger partial charge is 0.385 e. The molecule has 164 valence electrons. The van der Waals surface area contributed by atoms with E-state index in [1.165, 1.54) is 13.0 Å². The second-order valence-corrected chi connectivity index (χ2v) is 8.52. The van der Waals surface area contributed by atoms with Gasteiger partial charge in [0.25, 0.3) is 0 Å². The fourth-order valence-electron chi connectivity index (χ4n) is 4.00. The van der Waals surface area contributed by atoms with Gasteiger partial charge < -0.3 is 5.11 Å². The number of rotatable bonds is 5. The quantitative estimate of drug-likeness (QED) is 0.618. The van der Waals surface area contributed by atoms with Gasteiger partial charge in [-0.05, 0) is 50.8 Å². The monoisotopic (exact) mass is 432 g/mol. The first-order valence-electron chi connectivity index (χ1n) is 10.0. The zero-order chi connectivity index (χ0) is 22.4. The topological polar surface area (TPSA) is 80.0 Å². The normalized spacial score (nSPS) is 17.7. The predicted molar refractivity (Wildman–Crippen MR) is 109 cm³/mol. The minimum atomic E-state index is -4.58. The van der Waals surface area contributed by atoms with Gasteiger partial charge in [0.1, 0.15) is 11.2 Å². The van der Waals surface area contributed by atoms with E-state index < -0.39 is 28.9 Å². The van der Waals surface area contributed by atoms with Crippen LogP contribution >= 0.6 is 0 Å². The SMILES string of the molecule is CC1(n2c(NC(=O)C[C@](C)(O)c3ccccc3)nc3ccc(C(F)(F)F)nc32)CCC1. The van der Waals surface area contributed by atoms with E-state index in [1.54, 1.807) is 28.8 Å². The lowest BCUT2D eigenvalue weighted by Crippen LogP contribution is -2.39. The molecule has 31 heavy (non-hydrogen) atoms. The molecule has 0 saturated heterocycles. The number of imidazole rings is 1. The van der Waals surface area contributed by atoms with Crippen molar-refractivity contribution in [2.24, 2.45) is 0 Å². The average molecular weight is 432 g/mol. The maximum atomic E-state index is 13.2. The summed E-state index contributed by atoms with van der Waals surface area (Å²) in [6.45, 7) is 3.45. The van der Waals surface area contributed by atoms with Crippen molar-refractivity contribution in [3.05, 3.63) is 53.7 Å². The van der Waals surface area contributed by atoms with Gasteiger partial charge in [0.15, 0.2) is 5.65 Å². The highest BCUT2D eigenvalue weighted by molar-refractivity contribution is 5.92. The minimum absolute atomic E-state index is 0.0853. The molecule has 0 aliphatic heterocycles. The van der Waals surface area contributed by atoms with Crippen LogP contribution in [0.1, 0.15) is 50.8 Å². The first kappa shape index (κ1) is 21.3.